The van der Waals surface area contributed by atoms with Gasteiger partial charge < -0.3 is 24.6 Å². The number of dihydropyridines is 1. The van der Waals surface area contributed by atoms with Crippen molar-refractivity contribution in [3.05, 3.63) is 52.4 Å². The van der Waals surface area contributed by atoms with Crippen LogP contribution in [0.25, 0.3) is 0 Å². The Kier molecular flexibility index (Phi) is 6.58. The van der Waals surface area contributed by atoms with Gasteiger partial charge in [0.05, 0.1) is 17.1 Å². The molecule has 0 aliphatic carbocycles. The molecule has 1 aromatic rings. The van der Waals surface area contributed by atoms with Crippen LogP contribution in [0.15, 0.2) is 46.8 Å². The molecule has 7 nitrogen and oxygen atoms in total. The molecule has 2 N–H and O–H groups in total. The molecule has 2 rings (SSSR count). The first-order chi connectivity index (χ1) is 13.4. The van der Waals surface area contributed by atoms with Gasteiger partial charge in [-0.1, -0.05) is 12.1 Å². The normalized spacial score (nSPS) is 18.2. The molecule has 1 aliphatic rings. The van der Waals surface area contributed by atoms with Gasteiger partial charge in [-0.3, -0.25) is 0 Å². The molecule has 0 spiro atoms. The van der Waals surface area contributed by atoms with E-state index in [0.717, 1.165) is 12.1 Å². The Morgan fingerprint density at radius 3 is 2.34 bits per heavy atom. The lowest BCUT2D eigenvalue weighted by molar-refractivity contribution is -0.274. The number of allylic oxidation sites excluding steroid dienone is 2. The van der Waals surface area contributed by atoms with Crippen LogP contribution in [0.1, 0.15) is 32.3 Å². The minimum absolute atomic E-state index is 0.0546. The van der Waals surface area contributed by atoms with Crippen molar-refractivity contribution in [1.82, 2.24) is 5.32 Å². The van der Waals surface area contributed by atoms with E-state index in [0.29, 0.717) is 5.70 Å². The van der Waals surface area contributed by atoms with E-state index in [1.54, 1.807) is 6.92 Å². The summed E-state index contributed by atoms with van der Waals surface area (Å²) in [4.78, 5) is 24.6. The Bertz CT molecular complexity index is 875. The second-order valence-electron chi connectivity index (χ2n) is 6.27. The molecular formula is C19H20F3NO6. The second kappa shape index (κ2) is 8.56. The summed E-state index contributed by atoms with van der Waals surface area (Å²) in [6.45, 7) is 4.51. The number of alkyl halides is 3. The maximum Gasteiger partial charge on any atom is 0.573 e. The van der Waals surface area contributed by atoms with Gasteiger partial charge >= 0.3 is 18.3 Å². The van der Waals surface area contributed by atoms with Crippen molar-refractivity contribution in [2.45, 2.75) is 39.3 Å². The summed E-state index contributed by atoms with van der Waals surface area (Å²) in [7, 11) is 1.32. The Hall–Kier alpha value is -3.01. The number of esters is 1. The van der Waals surface area contributed by atoms with E-state index in [4.69, 9.17) is 9.47 Å². The zero-order valence-electron chi connectivity index (χ0n) is 16.1. The molecule has 0 saturated heterocycles. The van der Waals surface area contributed by atoms with Gasteiger partial charge in [0, 0.05) is 18.5 Å². The number of nitrogens with one attached hydrogen (secondary N) is 1. The van der Waals surface area contributed by atoms with Gasteiger partial charge in [-0.15, -0.1) is 13.2 Å². The third-order valence-corrected chi connectivity index (χ3v) is 4.24. The van der Waals surface area contributed by atoms with Crippen molar-refractivity contribution in [1.29, 1.82) is 0 Å². The van der Waals surface area contributed by atoms with Crippen molar-refractivity contribution in [3.8, 4) is 5.75 Å². The van der Waals surface area contributed by atoms with Crippen LogP contribution in [0.4, 0.5) is 13.2 Å². The summed E-state index contributed by atoms with van der Waals surface area (Å²) in [5.74, 6) is -3.91. The van der Waals surface area contributed by atoms with Gasteiger partial charge in [-0.25, -0.2) is 9.59 Å². The SMILES string of the molecule is COC(C)OC(=O)C1=C(C)NC(C)=C(C(=O)O)C1c1cccc(OC(F)(F)F)c1. The summed E-state index contributed by atoms with van der Waals surface area (Å²) in [5, 5.41) is 12.5. The predicted octanol–water partition coefficient (Wildman–Crippen LogP) is 3.44. The zero-order chi connectivity index (χ0) is 21.9. The van der Waals surface area contributed by atoms with Crippen LogP contribution in [0.3, 0.4) is 0 Å². The fourth-order valence-electron chi connectivity index (χ4n) is 3.03. The van der Waals surface area contributed by atoms with Crippen LogP contribution >= 0.6 is 0 Å². The third-order valence-electron chi connectivity index (χ3n) is 4.24. The molecule has 0 aromatic heterocycles. The van der Waals surface area contributed by atoms with Crippen LogP contribution in [-0.4, -0.2) is 36.8 Å². The van der Waals surface area contributed by atoms with Crippen LogP contribution in [-0.2, 0) is 19.1 Å². The number of carboxylic acid groups (broad SMARTS) is 1. The largest absolute Gasteiger partial charge is 0.573 e. The maximum atomic E-state index is 12.7. The number of halogens is 3. The van der Waals surface area contributed by atoms with Crippen LogP contribution in [0.2, 0.25) is 0 Å². The van der Waals surface area contributed by atoms with Gasteiger partial charge in [0.2, 0.25) is 0 Å². The molecule has 10 heteroatoms. The molecule has 1 heterocycles. The van der Waals surface area contributed by atoms with E-state index >= 15 is 0 Å². The first-order valence-electron chi connectivity index (χ1n) is 8.46. The fraction of sp³-hybridized carbons (Fsp3) is 0.368. The summed E-state index contributed by atoms with van der Waals surface area (Å²) >= 11 is 0. The average Bonchev–Trinajstić information content (AvgIpc) is 2.59. The monoisotopic (exact) mass is 415 g/mol. The molecular weight excluding hydrogens is 395 g/mol. The van der Waals surface area contributed by atoms with Crippen molar-refractivity contribution in [3.63, 3.8) is 0 Å². The lowest BCUT2D eigenvalue weighted by Crippen LogP contribution is -2.33. The van der Waals surface area contributed by atoms with Crippen molar-refractivity contribution >= 4 is 11.9 Å². The van der Waals surface area contributed by atoms with E-state index in [1.165, 1.54) is 33.1 Å². The maximum absolute atomic E-state index is 12.7. The first kappa shape index (κ1) is 22.3. The minimum atomic E-state index is -4.92. The number of aliphatic carboxylic acids is 1. The number of ether oxygens (including phenoxy) is 3. The molecule has 0 fully saturated rings. The number of methoxy groups -OCH3 is 1. The Morgan fingerprint density at radius 1 is 1.17 bits per heavy atom. The Labute approximate surface area is 164 Å². The Morgan fingerprint density at radius 2 is 1.79 bits per heavy atom. The highest BCUT2D eigenvalue weighted by molar-refractivity contribution is 5.99. The Balaban J connectivity index is 2.59. The number of rotatable bonds is 6. The summed E-state index contributed by atoms with van der Waals surface area (Å²) in [6.07, 6.45) is -5.83. The van der Waals surface area contributed by atoms with Gasteiger partial charge in [-0.05, 0) is 38.5 Å². The molecule has 0 bridgehead atoms. The number of hydrogen-bond acceptors (Lipinski definition) is 6. The predicted molar refractivity (Wildman–Crippen MR) is 94.6 cm³/mol. The van der Waals surface area contributed by atoms with Gasteiger partial charge in [0.15, 0.2) is 6.29 Å². The molecule has 158 valence electrons. The molecule has 2 atom stereocenters. The minimum Gasteiger partial charge on any atom is -0.478 e. The number of carboxylic acids is 1. The number of carbonyl (C=O) groups is 2. The zero-order valence-corrected chi connectivity index (χ0v) is 16.1. The summed E-state index contributed by atoms with van der Waals surface area (Å²) in [6, 6.07) is 4.82. The number of hydrogen-bond donors (Lipinski definition) is 2. The highest BCUT2D eigenvalue weighted by atomic mass is 19.4. The van der Waals surface area contributed by atoms with Gasteiger partial charge in [0.1, 0.15) is 5.75 Å². The average molecular weight is 415 g/mol. The van der Waals surface area contributed by atoms with Crippen LogP contribution < -0.4 is 10.1 Å². The van der Waals surface area contributed by atoms with Gasteiger partial charge in [-0.2, -0.15) is 0 Å². The summed E-state index contributed by atoms with van der Waals surface area (Å²) in [5.41, 5.74) is 0.436. The summed E-state index contributed by atoms with van der Waals surface area (Å²) < 4.78 is 51.8. The van der Waals surface area contributed by atoms with Crippen molar-refractivity contribution in [2.24, 2.45) is 0 Å². The molecule has 0 amide bonds. The lowest BCUT2D eigenvalue weighted by Gasteiger charge is -2.30. The highest BCUT2D eigenvalue weighted by Crippen LogP contribution is 2.40. The molecule has 29 heavy (non-hydrogen) atoms. The van der Waals surface area contributed by atoms with Crippen LogP contribution in [0, 0.1) is 0 Å². The highest BCUT2D eigenvalue weighted by Gasteiger charge is 2.38. The fourth-order valence-corrected chi connectivity index (χ4v) is 3.03. The second-order valence-corrected chi connectivity index (χ2v) is 6.27. The van der Waals surface area contributed by atoms with E-state index in [-0.39, 0.29) is 22.4 Å². The molecule has 0 radical (unpaired) electrons. The van der Waals surface area contributed by atoms with E-state index in [1.807, 2.05) is 0 Å². The van der Waals surface area contributed by atoms with Crippen molar-refractivity contribution < 1.29 is 42.1 Å². The number of benzene rings is 1. The third kappa shape index (κ3) is 5.29. The van der Waals surface area contributed by atoms with E-state index < -0.39 is 36.3 Å². The topological polar surface area (TPSA) is 94.1 Å². The van der Waals surface area contributed by atoms with Gasteiger partial charge in [0.25, 0.3) is 0 Å². The molecule has 0 saturated carbocycles. The van der Waals surface area contributed by atoms with E-state index in [9.17, 15) is 27.9 Å². The standard InChI is InChI=1S/C19H20F3NO6/c1-9-14(17(24)25)16(12-6-5-7-13(8-12)29-19(20,21)22)15(10(2)23-9)18(26)28-11(3)27-4/h5-8,11,16,23H,1-4H3,(H,24,25). The smallest absolute Gasteiger partial charge is 0.478 e. The van der Waals surface area contributed by atoms with Crippen molar-refractivity contribution in [2.75, 3.05) is 7.11 Å². The first-order valence-corrected chi connectivity index (χ1v) is 8.46. The van der Waals surface area contributed by atoms with E-state index in [2.05, 4.69) is 10.1 Å². The molecule has 2 unspecified atom stereocenters. The van der Waals surface area contributed by atoms with Crippen LogP contribution in [0.5, 0.6) is 5.75 Å². The molecule has 1 aliphatic heterocycles. The quantitative estimate of drug-likeness (QED) is 0.543. The number of carbonyl (C=O) groups excluding carboxylic acids is 1. The lowest BCUT2D eigenvalue weighted by atomic mass is 9.80. The molecule has 1 aromatic carbocycles.